The van der Waals surface area contributed by atoms with Crippen LogP contribution in [0.5, 0.6) is 17.4 Å². The normalized spacial score (nSPS) is 13.9. The zero-order chi connectivity index (χ0) is 35.7. The predicted octanol–water partition coefficient (Wildman–Crippen LogP) is 4.44. The molecule has 21 heteroatoms. The van der Waals surface area contributed by atoms with Crippen molar-refractivity contribution in [1.82, 2.24) is 29.7 Å². The van der Waals surface area contributed by atoms with E-state index in [1.807, 2.05) is 0 Å². The largest absolute Gasteiger partial charge is 0.494 e. The standard InChI is InChI=1S/C27H26F7N7O6S/c1-14(22-35-11-16(28)12-36-22)15(2)48(43,44)40-24-39-38-23(41(24)21-18(45-3)8-6-9-19(21)46-4)17-7-5-10-20(37-17)47-13-25(42,26(29,30)31)27(32,33)34/h5-12,14-15,42H,13H2,1-4H3,(H,39,40). The average molecular weight is 710 g/mol. The number of ether oxygens (including phenoxy) is 3. The van der Waals surface area contributed by atoms with Gasteiger partial charge in [-0.05, 0) is 25.1 Å². The van der Waals surface area contributed by atoms with Crippen LogP contribution in [0.2, 0.25) is 0 Å². The Morgan fingerprint density at radius 3 is 2.02 bits per heavy atom. The summed E-state index contributed by atoms with van der Waals surface area (Å²) in [5.41, 5.74) is -5.48. The number of aromatic nitrogens is 6. The number of halogens is 7. The predicted molar refractivity (Wildman–Crippen MR) is 153 cm³/mol. The van der Waals surface area contributed by atoms with Gasteiger partial charge >= 0.3 is 12.4 Å². The SMILES string of the molecule is COc1cccc(OC)c1-n1c(NS(=O)(=O)C(C)C(C)c2ncc(F)cn2)nnc1-c1cccc(OCC(O)(C(F)(F)F)C(F)(F)F)n1. The lowest BCUT2D eigenvalue weighted by Gasteiger charge is -2.31. The summed E-state index contributed by atoms with van der Waals surface area (Å²) in [5.74, 6) is -2.96. The highest BCUT2D eigenvalue weighted by molar-refractivity contribution is 7.93. The number of anilines is 1. The molecule has 2 atom stereocenters. The fourth-order valence-corrected chi connectivity index (χ4v) is 5.39. The van der Waals surface area contributed by atoms with Gasteiger partial charge < -0.3 is 19.3 Å². The Bertz CT molecular complexity index is 1820. The zero-order valence-corrected chi connectivity index (χ0v) is 26.0. The summed E-state index contributed by atoms with van der Waals surface area (Å²) in [4.78, 5) is 11.6. The van der Waals surface area contributed by atoms with Crippen molar-refractivity contribution < 1.29 is 58.5 Å². The van der Waals surface area contributed by atoms with Gasteiger partial charge in [-0.15, -0.1) is 10.2 Å². The highest BCUT2D eigenvalue weighted by Gasteiger charge is 2.71. The molecule has 0 fully saturated rings. The van der Waals surface area contributed by atoms with Crippen LogP contribution >= 0.6 is 0 Å². The zero-order valence-electron chi connectivity index (χ0n) is 25.2. The number of hydrogen-bond acceptors (Lipinski definition) is 11. The van der Waals surface area contributed by atoms with Gasteiger partial charge in [-0.25, -0.2) is 27.8 Å². The number of pyridine rings is 1. The molecule has 13 nitrogen and oxygen atoms in total. The molecule has 3 heterocycles. The Kier molecular flexibility index (Phi) is 10.0. The Hall–Kier alpha value is -4.79. The number of aliphatic hydroxyl groups is 1. The second kappa shape index (κ2) is 13.4. The maximum atomic E-state index is 13.6. The van der Waals surface area contributed by atoms with Crippen LogP contribution in [0.15, 0.2) is 48.8 Å². The molecule has 2 unspecified atom stereocenters. The first kappa shape index (κ1) is 36.1. The Labute approximate surface area is 267 Å². The number of benzene rings is 1. The molecule has 0 bridgehead atoms. The maximum Gasteiger partial charge on any atom is 0.429 e. The van der Waals surface area contributed by atoms with Gasteiger partial charge in [0.25, 0.3) is 5.60 Å². The molecule has 0 aliphatic rings. The Morgan fingerprint density at radius 2 is 1.48 bits per heavy atom. The van der Waals surface area contributed by atoms with Crippen LogP contribution in [0.1, 0.15) is 25.6 Å². The fraction of sp³-hybridized carbons (Fsp3) is 0.370. The lowest BCUT2D eigenvalue weighted by atomic mass is 10.0. The van der Waals surface area contributed by atoms with E-state index < -0.39 is 63.4 Å². The van der Waals surface area contributed by atoms with Gasteiger partial charge in [-0.1, -0.05) is 19.1 Å². The van der Waals surface area contributed by atoms with E-state index in [4.69, 9.17) is 9.47 Å². The van der Waals surface area contributed by atoms with Crippen molar-refractivity contribution in [3.63, 3.8) is 0 Å². The Balaban J connectivity index is 1.80. The number of nitrogens with one attached hydrogen (secondary N) is 1. The van der Waals surface area contributed by atoms with E-state index >= 15 is 0 Å². The van der Waals surface area contributed by atoms with Gasteiger partial charge in [-0.3, -0.25) is 9.29 Å². The molecule has 0 aliphatic carbocycles. The molecule has 0 spiro atoms. The number of para-hydroxylation sites is 1. The minimum Gasteiger partial charge on any atom is -0.494 e. The monoisotopic (exact) mass is 709 g/mol. The summed E-state index contributed by atoms with van der Waals surface area (Å²) in [5, 5.41) is 16.1. The van der Waals surface area contributed by atoms with E-state index in [0.717, 1.165) is 29.1 Å². The summed E-state index contributed by atoms with van der Waals surface area (Å²) in [6.07, 6.45) is -10.5. The van der Waals surface area contributed by atoms with Crippen LogP contribution in [0.4, 0.5) is 36.7 Å². The molecule has 0 saturated carbocycles. The van der Waals surface area contributed by atoms with Crippen LogP contribution in [-0.4, -0.2) is 87.3 Å². The number of methoxy groups -OCH3 is 2. The minimum absolute atomic E-state index is 0.0133. The van der Waals surface area contributed by atoms with Gasteiger partial charge in [0, 0.05) is 12.0 Å². The summed E-state index contributed by atoms with van der Waals surface area (Å²) in [6, 6.07) is 7.77. The summed E-state index contributed by atoms with van der Waals surface area (Å²) < 4.78 is 139. The van der Waals surface area contributed by atoms with Crippen LogP contribution in [0.25, 0.3) is 17.2 Å². The van der Waals surface area contributed by atoms with Crippen LogP contribution < -0.4 is 18.9 Å². The molecular formula is C27H26F7N7O6S. The Morgan fingerprint density at radius 1 is 0.917 bits per heavy atom. The summed E-state index contributed by atoms with van der Waals surface area (Å²) >= 11 is 0. The minimum atomic E-state index is -6.15. The second-order valence-electron chi connectivity index (χ2n) is 10.1. The molecule has 4 rings (SSSR count). The molecule has 0 radical (unpaired) electrons. The highest BCUT2D eigenvalue weighted by Crippen LogP contribution is 2.43. The van der Waals surface area contributed by atoms with Crippen LogP contribution in [0.3, 0.4) is 0 Å². The van der Waals surface area contributed by atoms with Gasteiger partial charge in [0.15, 0.2) is 11.6 Å². The molecule has 1 aromatic carbocycles. The van der Waals surface area contributed by atoms with E-state index in [9.17, 15) is 44.3 Å². The third-order valence-electron chi connectivity index (χ3n) is 7.08. The molecule has 48 heavy (non-hydrogen) atoms. The van der Waals surface area contributed by atoms with E-state index in [1.165, 1.54) is 52.3 Å². The molecule has 4 aromatic rings. The first-order chi connectivity index (χ1) is 22.3. The fourth-order valence-electron chi connectivity index (χ4n) is 4.16. The van der Waals surface area contributed by atoms with Crippen molar-refractivity contribution >= 4 is 16.0 Å². The van der Waals surface area contributed by atoms with Crippen molar-refractivity contribution in [1.29, 1.82) is 0 Å². The second-order valence-corrected chi connectivity index (χ2v) is 12.1. The first-order valence-corrected chi connectivity index (χ1v) is 15.0. The maximum absolute atomic E-state index is 13.6. The molecular weight excluding hydrogens is 683 g/mol. The van der Waals surface area contributed by atoms with Crippen LogP contribution in [-0.2, 0) is 10.0 Å². The van der Waals surface area contributed by atoms with Gasteiger partial charge in [0.2, 0.25) is 21.9 Å². The third-order valence-corrected chi connectivity index (χ3v) is 8.94. The smallest absolute Gasteiger partial charge is 0.429 e. The van der Waals surface area contributed by atoms with Gasteiger partial charge in [0.05, 0.1) is 31.9 Å². The first-order valence-electron chi connectivity index (χ1n) is 13.5. The summed E-state index contributed by atoms with van der Waals surface area (Å²) in [6.45, 7) is 0.531. The molecule has 3 aromatic heterocycles. The van der Waals surface area contributed by atoms with Gasteiger partial charge in [0.1, 0.15) is 35.3 Å². The molecule has 0 amide bonds. The topological polar surface area (TPSA) is 163 Å². The van der Waals surface area contributed by atoms with E-state index in [0.29, 0.717) is 0 Å². The van der Waals surface area contributed by atoms with E-state index in [-0.39, 0.29) is 34.5 Å². The van der Waals surface area contributed by atoms with Crippen molar-refractivity contribution in [3.05, 3.63) is 60.4 Å². The molecule has 0 aliphatic heterocycles. The summed E-state index contributed by atoms with van der Waals surface area (Å²) in [7, 11) is -1.81. The van der Waals surface area contributed by atoms with Crippen molar-refractivity contribution in [2.24, 2.45) is 0 Å². The molecule has 260 valence electrons. The van der Waals surface area contributed by atoms with Crippen molar-refractivity contribution in [2.45, 2.75) is 43.0 Å². The lowest BCUT2D eigenvalue weighted by molar-refractivity contribution is -0.373. The van der Waals surface area contributed by atoms with Crippen LogP contribution in [0, 0.1) is 5.82 Å². The van der Waals surface area contributed by atoms with Crippen molar-refractivity contribution in [2.75, 3.05) is 25.5 Å². The number of rotatable bonds is 12. The highest BCUT2D eigenvalue weighted by atomic mass is 32.2. The average Bonchev–Trinajstić information content (AvgIpc) is 3.43. The number of alkyl halides is 6. The molecule has 2 N–H and O–H groups in total. The number of sulfonamides is 1. The number of hydrogen-bond donors (Lipinski definition) is 2. The quantitative estimate of drug-likeness (QED) is 0.200. The third kappa shape index (κ3) is 7.05. The van der Waals surface area contributed by atoms with Crippen molar-refractivity contribution in [3.8, 4) is 34.6 Å². The molecule has 0 saturated heterocycles. The van der Waals surface area contributed by atoms with Gasteiger partial charge in [-0.2, -0.15) is 26.3 Å². The van der Waals surface area contributed by atoms with E-state index in [1.54, 1.807) is 0 Å². The van der Waals surface area contributed by atoms with E-state index in [2.05, 4.69) is 34.6 Å². The number of nitrogens with zero attached hydrogens (tertiary/aromatic N) is 6. The lowest BCUT2D eigenvalue weighted by Crippen LogP contribution is -2.60.